The average molecular weight is 433 g/mol. The first-order valence-corrected chi connectivity index (χ1v) is 11.7. The van der Waals surface area contributed by atoms with Crippen LogP contribution in [0.4, 0.5) is 4.39 Å². The summed E-state index contributed by atoms with van der Waals surface area (Å²) >= 11 is 0. The Morgan fingerprint density at radius 2 is 1.60 bits per heavy atom. The molecular formula is C23H29FN2O3S. The Morgan fingerprint density at radius 3 is 2.20 bits per heavy atom. The lowest BCUT2D eigenvalue weighted by molar-refractivity contribution is -0.126. The monoisotopic (exact) mass is 432 g/mol. The minimum absolute atomic E-state index is 0.0426. The molecule has 1 amide bonds. The van der Waals surface area contributed by atoms with E-state index in [9.17, 15) is 17.6 Å². The number of nitrogens with one attached hydrogen (secondary N) is 1. The molecule has 0 bridgehead atoms. The van der Waals surface area contributed by atoms with Gasteiger partial charge in [0.25, 0.3) is 0 Å². The lowest BCUT2D eigenvalue weighted by atomic mass is 9.94. The maximum atomic E-state index is 13.1. The summed E-state index contributed by atoms with van der Waals surface area (Å²) in [5.74, 6) is -0.740. The molecule has 1 N–H and O–H groups in total. The molecule has 1 saturated heterocycles. The lowest BCUT2D eigenvalue weighted by Crippen LogP contribution is -2.43. The number of nitrogens with zero attached hydrogens (tertiary/aromatic N) is 1. The maximum Gasteiger partial charge on any atom is 0.243 e. The number of sulfonamides is 1. The van der Waals surface area contributed by atoms with Gasteiger partial charge in [-0.3, -0.25) is 4.79 Å². The van der Waals surface area contributed by atoms with E-state index in [-0.39, 0.29) is 35.9 Å². The van der Waals surface area contributed by atoms with Gasteiger partial charge in [-0.05, 0) is 87.1 Å². The van der Waals surface area contributed by atoms with Crippen LogP contribution in [0.25, 0.3) is 0 Å². The molecule has 2 aromatic carbocycles. The quantitative estimate of drug-likeness (QED) is 0.776. The molecule has 3 rings (SSSR count). The molecule has 2 aromatic rings. The third kappa shape index (κ3) is 4.73. The van der Waals surface area contributed by atoms with E-state index in [1.54, 1.807) is 0 Å². The van der Waals surface area contributed by atoms with Gasteiger partial charge in [0.05, 0.1) is 10.9 Å². The molecule has 0 saturated carbocycles. The van der Waals surface area contributed by atoms with Crippen molar-refractivity contribution < 1.29 is 17.6 Å². The second-order valence-corrected chi connectivity index (χ2v) is 10.1. The fourth-order valence-electron chi connectivity index (χ4n) is 3.97. The molecule has 0 aliphatic carbocycles. The second-order valence-electron chi connectivity index (χ2n) is 8.16. The van der Waals surface area contributed by atoms with Gasteiger partial charge in [-0.15, -0.1) is 0 Å². The van der Waals surface area contributed by atoms with Crippen LogP contribution in [-0.2, 0) is 14.8 Å². The third-order valence-electron chi connectivity index (χ3n) is 5.98. The molecule has 1 heterocycles. The fourth-order valence-corrected chi connectivity index (χ4v) is 5.44. The van der Waals surface area contributed by atoms with Crippen LogP contribution < -0.4 is 5.32 Å². The molecule has 5 nitrogen and oxygen atoms in total. The first-order chi connectivity index (χ1) is 14.1. The Kier molecular flexibility index (Phi) is 6.62. The number of benzene rings is 2. The molecular weight excluding hydrogens is 403 g/mol. The van der Waals surface area contributed by atoms with Crippen molar-refractivity contribution in [2.75, 3.05) is 13.1 Å². The number of carbonyl (C=O) groups excluding carboxylic acids is 1. The summed E-state index contributed by atoms with van der Waals surface area (Å²) in [5.41, 5.74) is 4.66. The Labute approximate surface area is 178 Å². The predicted molar refractivity (Wildman–Crippen MR) is 115 cm³/mol. The molecule has 30 heavy (non-hydrogen) atoms. The average Bonchev–Trinajstić information content (AvgIpc) is 2.71. The highest BCUT2D eigenvalue weighted by atomic mass is 32.2. The molecule has 162 valence electrons. The van der Waals surface area contributed by atoms with E-state index in [2.05, 4.69) is 31.3 Å². The Bertz CT molecular complexity index is 1030. The molecule has 1 fully saturated rings. The van der Waals surface area contributed by atoms with Crippen LogP contribution in [0.1, 0.15) is 48.1 Å². The van der Waals surface area contributed by atoms with Gasteiger partial charge in [-0.25, -0.2) is 12.8 Å². The number of piperidine rings is 1. The van der Waals surface area contributed by atoms with Gasteiger partial charge in [-0.2, -0.15) is 4.31 Å². The number of halogens is 1. The van der Waals surface area contributed by atoms with E-state index in [1.807, 2.05) is 13.8 Å². The summed E-state index contributed by atoms with van der Waals surface area (Å²) in [7, 11) is -3.67. The predicted octanol–water partition coefficient (Wildman–Crippen LogP) is 4.03. The topological polar surface area (TPSA) is 66.5 Å². The Morgan fingerprint density at radius 1 is 1.03 bits per heavy atom. The number of amides is 1. The largest absolute Gasteiger partial charge is 0.349 e. The minimum atomic E-state index is -3.67. The summed E-state index contributed by atoms with van der Waals surface area (Å²) in [6.07, 6.45) is 0.926. The van der Waals surface area contributed by atoms with Gasteiger partial charge in [0.1, 0.15) is 5.82 Å². The Hall–Kier alpha value is -2.25. The van der Waals surface area contributed by atoms with Crippen LogP contribution in [0.2, 0.25) is 0 Å². The van der Waals surface area contributed by atoms with Gasteiger partial charge in [-0.1, -0.05) is 12.1 Å². The summed E-state index contributed by atoms with van der Waals surface area (Å²) < 4.78 is 39.9. The van der Waals surface area contributed by atoms with Crippen molar-refractivity contribution >= 4 is 15.9 Å². The highest BCUT2D eigenvalue weighted by Crippen LogP contribution is 2.26. The lowest BCUT2D eigenvalue weighted by Gasteiger charge is -2.31. The van der Waals surface area contributed by atoms with Crippen LogP contribution in [-0.4, -0.2) is 31.7 Å². The first-order valence-electron chi connectivity index (χ1n) is 10.2. The molecule has 1 atom stereocenters. The van der Waals surface area contributed by atoms with E-state index >= 15 is 0 Å². The molecule has 1 aliphatic heterocycles. The smallest absolute Gasteiger partial charge is 0.243 e. The van der Waals surface area contributed by atoms with E-state index < -0.39 is 15.8 Å². The van der Waals surface area contributed by atoms with Crippen molar-refractivity contribution in [3.05, 3.63) is 64.5 Å². The maximum absolute atomic E-state index is 13.1. The van der Waals surface area contributed by atoms with Crippen molar-refractivity contribution in [2.24, 2.45) is 5.92 Å². The Balaban J connectivity index is 1.61. The van der Waals surface area contributed by atoms with Gasteiger partial charge in [0.2, 0.25) is 15.9 Å². The number of hydrogen-bond acceptors (Lipinski definition) is 3. The highest BCUT2D eigenvalue weighted by Gasteiger charge is 2.32. The molecule has 1 unspecified atom stereocenters. The summed E-state index contributed by atoms with van der Waals surface area (Å²) in [6.45, 7) is 8.70. The van der Waals surface area contributed by atoms with Crippen LogP contribution in [0.3, 0.4) is 0 Å². The van der Waals surface area contributed by atoms with Crippen molar-refractivity contribution in [1.82, 2.24) is 9.62 Å². The zero-order valence-corrected chi connectivity index (χ0v) is 18.7. The van der Waals surface area contributed by atoms with Gasteiger partial charge in [0.15, 0.2) is 0 Å². The SMILES string of the molecule is Cc1cc(C)c(C(C)NC(=O)C2CCN(S(=O)(=O)c3ccc(F)cc3)CC2)cc1C. The molecule has 0 radical (unpaired) electrons. The van der Waals surface area contributed by atoms with E-state index in [0.29, 0.717) is 12.8 Å². The number of aryl methyl sites for hydroxylation is 3. The van der Waals surface area contributed by atoms with Gasteiger partial charge >= 0.3 is 0 Å². The normalized spacial score (nSPS) is 17.0. The van der Waals surface area contributed by atoms with Crippen molar-refractivity contribution in [3.8, 4) is 0 Å². The van der Waals surface area contributed by atoms with E-state index in [1.165, 1.54) is 27.6 Å². The molecule has 0 aromatic heterocycles. The third-order valence-corrected chi connectivity index (χ3v) is 7.90. The second kappa shape index (κ2) is 8.86. The van der Waals surface area contributed by atoms with Crippen LogP contribution in [0, 0.1) is 32.5 Å². The molecule has 1 aliphatic rings. The van der Waals surface area contributed by atoms with Crippen molar-refractivity contribution in [3.63, 3.8) is 0 Å². The van der Waals surface area contributed by atoms with Crippen LogP contribution >= 0.6 is 0 Å². The van der Waals surface area contributed by atoms with Crippen molar-refractivity contribution in [2.45, 2.75) is 51.5 Å². The molecule has 0 spiro atoms. The van der Waals surface area contributed by atoms with Crippen LogP contribution in [0.15, 0.2) is 41.3 Å². The van der Waals surface area contributed by atoms with E-state index in [0.717, 1.165) is 23.3 Å². The van der Waals surface area contributed by atoms with Crippen molar-refractivity contribution in [1.29, 1.82) is 0 Å². The summed E-state index contributed by atoms with van der Waals surface area (Å²) in [5, 5.41) is 3.10. The standard InChI is InChI=1S/C23H29FN2O3S/c1-15-13-17(3)22(14-16(15)2)18(4)25-23(27)19-9-11-26(12-10-19)30(28,29)21-7-5-20(24)6-8-21/h5-8,13-14,18-19H,9-12H2,1-4H3,(H,25,27). The zero-order chi connectivity index (χ0) is 22.1. The van der Waals surface area contributed by atoms with Crippen LogP contribution in [0.5, 0.6) is 0 Å². The van der Waals surface area contributed by atoms with Gasteiger partial charge < -0.3 is 5.32 Å². The number of rotatable bonds is 5. The minimum Gasteiger partial charge on any atom is -0.349 e. The summed E-state index contributed by atoms with van der Waals surface area (Å²) in [4.78, 5) is 12.9. The highest BCUT2D eigenvalue weighted by molar-refractivity contribution is 7.89. The van der Waals surface area contributed by atoms with E-state index in [4.69, 9.17) is 0 Å². The summed E-state index contributed by atoms with van der Waals surface area (Å²) in [6, 6.07) is 8.97. The number of carbonyl (C=O) groups is 1. The van der Waals surface area contributed by atoms with Gasteiger partial charge in [0, 0.05) is 19.0 Å². The first kappa shape index (κ1) is 22.4. The molecule has 7 heteroatoms. The number of hydrogen-bond donors (Lipinski definition) is 1. The fraction of sp³-hybridized carbons (Fsp3) is 0.435. The zero-order valence-electron chi connectivity index (χ0n) is 17.9.